The molecule has 2 aliphatic heterocycles. The van der Waals surface area contributed by atoms with Crippen molar-refractivity contribution in [3.63, 3.8) is 0 Å². The molecule has 6 heteroatoms. The van der Waals surface area contributed by atoms with Crippen LogP contribution in [-0.4, -0.2) is 27.1 Å². The van der Waals surface area contributed by atoms with Crippen LogP contribution in [-0.2, 0) is 0 Å². The number of aromatic nitrogens is 3. The van der Waals surface area contributed by atoms with Crippen molar-refractivity contribution in [2.45, 2.75) is 25.4 Å². The Labute approximate surface area is 131 Å². The molecule has 3 unspecified atom stereocenters. The largest absolute Gasteiger partial charge is 0.339 e. The summed E-state index contributed by atoms with van der Waals surface area (Å²) < 4.78 is 16.6. The van der Waals surface area contributed by atoms with Crippen LogP contribution in [0.5, 0.6) is 0 Å². The minimum absolute atomic E-state index is 0.125. The van der Waals surface area contributed by atoms with Crippen LogP contribution in [0.3, 0.4) is 0 Å². The standard InChI is InChI=1S/C16H14ClFN4/c1-7-2-8-5-20-13-10(6-21-16(17)12(13)18)14(8)22(7)15-9-3-11(15)19-4-9/h2,5-6,9,11,15,19H,3-4H2,1H3. The van der Waals surface area contributed by atoms with Gasteiger partial charge >= 0.3 is 0 Å². The van der Waals surface area contributed by atoms with Crippen LogP contribution < -0.4 is 5.32 Å². The van der Waals surface area contributed by atoms with Gasteiger partial charge in [0.05, 0.1) is 11.6 Å². The summed E-state index contributed by atoms with van der Waals surface area (Å²) in [5, 5.41) is 5.18. The second-order valence-corrected chi connectivity index (χ2v) is 6.70. The lowest BCUT2D eigenvalue weighted by Gasteiger charge is -2.37. The van der Waals surface area contributed by atoms with Gasteiger partial charge in [-0.2, -0.15) is 0 Å². The van der Waals surface area contributed by atoms with Gasteiger partial charge in [0, 0.05) is 41.4 Å². The van der Waals surface area contributed by atoms with Crippen LogP contribution in [0.1, 0.15) is 18.2 Å². The van der Waals surface area contributed by atoms with Crippen LogP contribution in [0.15, 0.2) is 18.5 Å². The Hall–Kier alpha value is -1.72. The molecule has 3 aliphatic rings. The Morgan fingerprint density at radius 2 is 2.23 bits per heavy atom. The fraction of sp³-hybridized carbons (Fsp3) is 0.375. The summed E-state index contributed by atoms with van der Waals surface area (Å²) >= 11 is 5.80. The van der Waals surface area contributed by atoms with Gasteiger partial charge in [0.2, 0.25) is 0 Å². The monoisotopic (exact) mass is 316 g/mol. The molecule has 0 spiro atoms. The van der Waals surface area contributed by atoms with Gasteiger partial charge in [-0.1, -0.05) is 11.6 Å². The number of pyridine rings is 2. The SMILES string of the molecule is Cc1cc2cnc3c(F)c(Cl)ncc3c2n1C1C2CNC1C2. The normalized spacial score (nSPS) is 26.8. The first-order chi connectivity index (χ1) is 10.6. The second-order valence-electron chi connectivity index (χ2n) is 6.34. The maximum atomic E-state index is 14.2. The number of nitrogens with zero attached hydrogens (tertiary/aromatic N) is 3. The van der Waals surface area contributed by atoms with Gasteiger partial charge in [-0.3, -0.25) is 4.98 Å². The average molecular weight is 317 g/mol. The molecule has 2 saturated heterocycles. The lowest BCUT2D eigenvalue weighted by atomic mass is 9.79. The molecule has 1 N–H and O–H groups in total. The molecule has 112 valence electrons. The van der Waals surface area contributed by atoms with Gasteiger partial charge in [-0.25, -0.2) is 9.37 Å². The van der Waals surface area contributed by atoms with Gasteiger partial charge in [0.15, 0.2) is 11.0 Å². The average Bonchev–Trinajstić information content (AvgIpc) is 3.18. The molecule has 1 saturated carbocycles. The van der Waals surface area contributed by atoms with E-state index in [0.29, 0.717) is 23.5 Å². The first-order valence-electron chi connectivity index (χ1n) is 7.49. The summed E-state index contributed by atoms with van der Waals surface area (Å²) in [6.45, 7) is 3.17. The molecule has 0 aromatic carbocycles. The zero-order valence-corrected chi connectivity index (χ0v) is 12.7. The summed E-state index contributed by atoms with van der Waals surface area (Å²) in [5.41, 5.74) is 2.50. The molecule has 1 aliphatic carbocycles. The van der Waals surface area contributed by atoms with E-state index in [1.807, 2.05) is 0 Å². The number of fused-ring (bicyclic) bond motifs is 4. The van der Waals surface area contributed by atoms with E-state index in [9.17, 15) is 4.39 Å². The van der Waals surface area contributed by atoms with Gasteiger partial charge in [0.1, 0.15) is 5.52 Å². The molecule has 0 radical (unpaired) electrons. The number of rotatable bonds is 1. The summed E-state index contributed by atoms with van der Waals surface area (Å²) in [6, 6.07) is 3.08. The van der Waals surface area contributed by atoms with E-state index >= 15 is 0 Å². The number of hydrogen-bond donors (Lipinski definition) is 1. The first kappa shape index (κ1) is 12.8. The summed E-state index contributed by atoms with van der Waals surface area (Å²) in [5.74, 6) is 0.119. The predicted octanol–water partition coefficient (Wildman–Crippen LogP) is 3.22. The van der Waals surface area contributed by atoms with Crippen molar-refractivity contribution >= 4 is 33.4 Å². The number of nitrogens with one attached hydrogen (secondary N) is 1. The Balaban J connectivity index is 1.88. The van der Waals surface area contributed by atoms with Crippen LogP contribution in [0.2, 0.25) is 5.15 Å². The highest BCUT2D eigenvalue weighted by Gasteiger charge is 2.48. The van der Waals surface area contributed by atoms with Crippen molar-refractivity contribution in [2.75, 3.05) is 6.54 Å². The van der Waals surface area contributed by atoms with Gasteiger partial charge in [0.25, 0.3) is 0 Å². The van der Waals surface area contributed by atoms with Crippen LogP contribution in [0, 0.1) is 18.7 Å². The summed E-state index contributed by atoms with van der Waals surface area (Å²) in [6.07, 6.45) is 4.60. The Morgan fingerprint density at radius 3 is 2.95 bits per heavy atom. The maximum Gasteiger partial charge on any atom is 0.186 e. The third kappa shape index (κ3) is 1.45. The Bertz CT molecular complexity index is 921. The summed E-state index contributed by atoms with van der Waals surface area (Å²) in [7, 11) is 0. The first-order valence-corrected chi connectivity index (χ1v) is 7.86. The summed E-state index contributed by atoms with van der Waals surface area (Å²) in [4.78, 5) is 8.24. The fourth-order valence-electron chi connectivity index (χ4n) is 4.17. The van der Waals surface area contributed by atoms with Crippen LogP contribution >= 0.6 is 11.6 Å². The predicted molar refractivity (Wildman–Crippen MR) is 83.7 cm³/mol. The molecule has 3 aromatic rings. The third-order valence-corrected chi connectivity index (χ3v) is 5.45. The topological polar surface area (TPSA) is 42.7 Å². The molecular weight excluding hydrogens is 303 g/mol. The molecule has 6 rings (SSSR count). The Morgan fingerprint density at radius 1 is 1.36 bits per heavy atom. The molecular formula is C16H14ClFN4. The highest BCUT2D eigenvalue weighted by molar-refractivity contribution is 6.30. The van der Waals surface area contributed by atoms with Crippen molar-refractivity contribution in [3.8, 4) is 0 Å². The quantitative estimate of drug-likeness (QED) is 0.701. The van der Waals surface area contributed by atoms with E-state index in [1.165, 1.54) is 12.1 Å². The van der Waals surface area contributed by atoms with E-state index in [1.54, 1.807) is 12.4 Å². The molecule has 22 heavy (non-hydrogen) atoms. The minimum Gasteiger partial charge on any atom is -0.339 e. The zero-order chi connectivity index (χ0) is 15.0. The zero-order valence-electron chi connectivity index (χ0n) is 12.0. The fourth-order valence-corrected chi connectivity index (χ4v) is 4.31. The maximum absolute atomic E-state index is 14.2. The smallest absolute Gasteiger partial charge is 0.186 e. The third-order valence-electron chi connectivity index (χ3n) is 5.19. The minimum atomic E-state index is -0.541. The highest BCUT2D eigenvalue weighted by Crippen LogP contribution is 2.46. The number of halogens is 2. The molecule has 3 fully saturated rings. The van der Waals surface area contributed by atoms with Gasteiger partial charge in [-0.05, 0) is 25.3 Å². The lowest BCUT2D eigenvalue weighted by Crippen LogP contribution is -2.39. The second kappa shape index (κ2) is 4.18. The molecule has 4 nitrogen and oxygen atoms in total. The van der Waals surface area contributed by atoms with Crippen molar-refractivity contribution in [1.29, 1.82) is 0 Å². The van der Waals surface area contributed by atoms with Crippen molar-refractivity contribution in [2.24, 2.45) is 5.92 Å². The van der Waals surface area contributed by atoms with Crippen LogP contribution in [0.25, 0.3) is 21.8 Å². The van der Waals surface area contributed by atoms with E-state index in [-0.39, 0.29) is 5.15 Å². The van der Waals surface area contributed by atoms with Crippen molar-refractivity contribution < 1.29 is 4.39 Å². The van der Waals surface area contributed by atoms with E-state index in [0.717, 1.165) is 22.8 Å². The van der Waals surface area contributed by atoms with Crippen molar-refractivity contribution in [3.05, 3.63) is 35.1 Å². The molecule has 5 heterocycles. The van der Waals surface area contributed by atoms with E-state index in [2.05, 4.69) is 32.8 Å². The number of aryl methyl sites for hydroxylation is 1. The number of hydrogen-bond acceptors (Lipinski definition) is 3. The highest BCUT2D eigenvalue weighted by atomic mass is 35.5. The van der Waals surface area contributed by atoms with E-state index < -0.39 is 5.82 Å². The molecule has 0 amide bonds. The van der Waals surface area contributed by atoms with Crippen molar-refractivity contribution in [1.82, 2.24) is 19.9 Å². The van der Waals surface area contributed by atoms with Gasteiger partial charge < -0.3 is 9.88 Å². The van der Waals surface area contributed by atoms with E-state index in [4.69, 9.17) is 11.6 Å². The molecule has 2 bridgehead atoms. The van der Waals surface area contributed by atoms with Gasteiger partial charge in [-0.15, -0.1) is 0 Å². The Kier molecular flexibility index (Phi) is 2.43. The lowest BCUT2D eigenvalue weighted by molar-refractivity contribution is 0.223. The van der Waals surface area contributed by atoms with Crippen LogP contribution in [0.4, 0.5) is 4.39 Å². The molecule has 3 aromatic heterocycles. The molecule has 3 atom stereocenters.